The summed E-state index contributed by atoms with van der Waals surface area (Å²) >= 11 is 1.66. The number of ether oxygens (including phenoxy) is 1. The van der Waals surface area contributed by atoms with Crippen LogP contribution in [0, 0.1) is 5.92 Å². The molecule has 1 amide bonds. The van der Waals surface area contributed by atoms with Crippen LogP contribution in [-0.2, 0) is 4.79 Å². The van der Waals surface area contributed by atoms with Gasteiger partial charge in [0.1, 0.15) is 5.75 Å². The summed E-state index contributed by atoms with van der Waals surface area (Å²) in [6.45, 7) is 2.79. The smallest absolute Gasteiger partial charge is 0.223 e. The summed E-state index contributed by atoms with van der Waals surface area (Å²) in [5.74, 6) is 1.11. The first-order valence-electron chi connectivity index (χ1n) is 11.1. The Labute approximate surface area is 194 Å². The number of rotatable bonds is 8. The van der Waals surface area contributed by atoms with E-state index in [2.05, 4.69) is 63.5 Å². The Morgan fingerprint density at radius 2 is 1.84 bits per heavy atom. The topological polar surface area (TPSA) is 41.6 Å². The van der Waals surface area contributed by atoms with Crippen molar-refractivity contribution in [2.24, 2.45) is 5.92 Å². The third kappa shape index (κ3) is 5.87. The zero-order valence-electron chi connectivity index (χ0n) is 18.4. The van der Waals surface area contributed by atoms with Crippen LogP contribution in [0.1, 0.15) is 35.6 Å². The SMILES string of the molecule is COc1ccc(/C=C/CN2CCC(C(=O)NC(c3ccccc3)c3ccsc3)CC2)cc1. The molecule has 0 radical (unpaired) electrons. The van der Waals surface area contributed by atoms with Gasteiger partial charge in [-0.3, -0.25) is 9.69 Å². The second kappa shape index (κ2) is 11.1. The first-order valence-corrected chi connectivity index (χ1v) is 12.1. The summed E-state index contributed by atoms with van der Waals surface area (Å²) in [5, 5.41) is 7.50. The van der Waals surface area contributed by atoms with Gasteiger partial charge in [0.2, 0.25) is 5.91 Å². The Hall–Kier alpha value is -2.89. The summed E-state index contributed by atoms with van der Waals surface area (Å²) in [6, 6.07) is 20.3. The molecule has 1 aliphatic rings. The Morgan fingerprint density at radius 3 is 2.50 bits per heavy atom. The van der Waals surface area contributed by atoms with Crippen molar-refractivity contribution in [2.45, 2.75) is 18.9 Å². The van der Waals surface area contributed by atoms with Crippen LogP contribution in [0.2, 0.25) is 0 Å². The minimum absolute atomic E-state index is 0.0710. The number of carbonyl (C=O) groups excluding carboxylic acids is 1. The van der Waals surface area contributed by atoms with Crippen molar-refractivity contribution < 1.29 is 9.53 Å². The number of benzene rings is 2. The van der Waals surface area contributed by atoms with Gasteiger partial charge in [0.25, 0.3) is 0 Å². The molecular formula is C27H30N2O2S. The number of nitrogens with one attached hydrogen (secondary N) is 1. The van der Waals surface area contributed by atoms with Crippen LogP contribution in [-0.4, -0.2) is 37.6 Å². The van der Waals surface area contributed by atoms with Crippen molar-refractivity contribution in [1.82, 2.24) is 10.2 Å². The minimum Gasteiger partial charge on any atom is -0.497 e. The summed E-state index contributed by atoms with van der Waals surface area (Å²) in [4.78, 5) is 15.5. The maximum atomic E-state index is 13.1. The molecular weight excluding hydrogens is 416 g/mol. The lowest BCUT2D eigenvalue weighted by molar-refractivity contribution is -0.126. The van der Waals surface area contributed by atoms with Crippen molar-refractivity contribution in [3.05, 3.63) is 94.2 Å². The lowest BCUT2D eigenvalue weighted by atomic mass is 9.94. The molecule has 4 nitrogen and oxygen atoms in total. The monoisotopic (exact) mass is 446 g/mol. The van der Waals surface area contributed by atoms with Gasteiger partial charge in [-0.15, -0.1) is 0 Å². The average molecular weight is 447 g/mol. The first-order chi connectivity index (χ1) is 15.7. The van der Waals surface area contributed by atoms with Crippen LogP contribution in [0.5, 0.6) is 5.75 Å². The molecule has 1 aliphatic heterocycles. The van der Waals surface area contributed by atoms with E-state index in [9.17, 15) is 4.79 Å². The predicted octanol–water partition coefficient (Wildman–Crippen LogP) is 5.39. The van der Waals surface area contributed by atoms with E-state index in [0.29, 0.717) is 0 Å². The lowest BCUT2D eigenvalue weighted by Crippen LogP contribution is -2.41. The van der Waals surface area contributed by atoms with Crippen molar-refractivity contribution >= 4 is 23.3 Å². The molecule has 0 spiro atoms. The Morgan fingerprint density at radius 1 is 1.09 bits per heavy atom. The van der Waals surface area contributed by atoms with E-state index in [0.717, 1.165) is 49.4 Å². The predicted molar refractivity (Wildman–Crippen MR) is 132 cm³/mol. The molecule has 0 aliphatic carbocycles. The summed E-state index contributed by atoms with van der Waals surface area (Å²) < 4.78 is 5.20. The van der Waals surface area contributed by atoms with E-state index < -0.39 is 0 Å². The highest BCUT2D eigenvalue weighted by Gasteiger charge is 2.27. The third-order valence-corrected chi connectivity index (χ3v) is 6.75. The molecule has 0 saturated carbocycles. The van der Waals surface area contributed by atoms with Gasteiger partial charge in [0.15, 0.2) is 0 Å². The fourth-order valence-corrected chi connectivity index (χ4v) is 4.82. The Kier molecular flexibility index (Phi) is 7.75. The van der Waals surface area contributed by atoms with Crippen LogP contribution in [0.3, 0.4) is 0 Å². The number of nitrogens with zero attached hydrogens (tertiary/aromatic N) is 1. The van der Waals surface area contributed by atoms with Gasteiger partial charge in [-0.25, -0.2) is 0 Å². The molecule has 3 aromatic rings. The van der Waals surface area contributed by atoms with E-state index in [1.54, 1.807) is 18.4 Å². The van der Waals surface area contributed by atoms with Crippen molar-refractivity contribution in [3.63, 3.8) is 0 Å². The maximum absolute atomic E-state index is 13.1. The normalized spacial score (nSPS) is 16.2. The molecule has 32 heavy (non-hydrogen) atoms. The fourth-order valence-electron chi connectivity index (χ4n) is 4.13. The minimum atomic E-state index is -0.0830. The van der Waals surface area contributed by atoms with Crippen LogP contribution in [0.15, 0.2) is 77.5 Å². The van der Waals surface area contributed by atoms with Gasteiger partial charge in [-0.1, -0.05) is 54.6 Å². The van der Waals surface area contributed by atoms with Gasteiger partial charge >= 0.3 is 0 Å². The zero-order valence-corrected chi connectivity index (χ0v) is 19.3. The number of piperidine rings is 1. The third-order valence-electron chi connectivity index (χ3n) is 6.04. The maximum Gasteiger partial charge on any atom is 0.223 e. The van der Waals surface area contributed by atoms with E-state index in [1.807, 2.05) is 30.3 Å². The summed E-state index contributed by atoms with van der Waals surface area (Å²) in [6.07, 6.45) is 6.13. The number of carbonyl (C=O) groups is 1. The molecule has 0 bridgehead atoms. The summed E-state index contributed by atoms with van der Waals surface area (Å²) in [7, 11) is 1.68. The highest BCUT2D eigenvalue weighted by molar-refractivity contribution is 7.08. The quantitative estimate of drug-likeness (QED) is 0.505. The van der Waals surface area contributed by atoms with Gasteiger partial charge in [-0.2, -0.15) is 11.3 Å². The van der Waals surface area contributed by atoms with Crippen molar-refractivity contribution in [3.8, 4) is 5.75 Å². The van der Waals surface area contributed by atoms with Gasteiger partial charge < -0.3 is 10.1 Å². The number of likely N-dealkylation sites (tertiary alicyclic amines) is 1. The zero-order chi connectivity index (χ0) is 22.2. The molecule has 1 saturated heterocycles. The average Bonchev–Trinajstić information content (AvgIpc) is 3.38. The van der Waals surface area contributed by atoms with Crippen molar-refractivity contribution in [2.75, 3.05) is 26.7 Å². The van der Waals surface area contributed by atoms with Gasteiger partial charge in [-0.05, 0) is 71.6 Å². The largest absolute Gasteiger partial charge is 0.497 e. The number of methoxy groups -OCH3 is 1. The van der Waals surface area contributed by atoms with Crippen LogP contribution in [0.25, 0.3) is 6.08 Å². The number of hydrogen-bond donors (Lipinski definition) is 1. The molecule has 1 aromatic heterocycles. The highest BCUT2D eigenvalue weighted by Crippen LogP contribution is 2.26. The molecule has 4 rings (SSSR count). The van der Waals surface area contributed by atoms with Crippen LogP contribution < -0.4 is 10.1 Å². The first kappa shape index (κ1) is 22.3. The molecule has 1 fully saturated rings. The van der Waals surface area contributed by atoms with Crippen molar-refractivity contribution in [1.29, 1.82) is 0 Å². The van der Waals surface area contributed by atoms with E-state index >= 15 is 0 Å². The molecule has 166 valence electrons. The highest BCUT2D eigenvalue weighted by atomic mass is 32.1. The molecule has 5 heteroatoms. The lowest BCUT2D eigenvalue weighted by Gasteiger charge is -2.31. The Balaban J connectivity index is 1.28. The standard InChI is InChI=1S/C27H30N2O2S/c1-31-25-11-9-21(10-12-25)6-5-16-29-17-13-23(14-18-29)27(30)28-26(24-15-19-32-20-24)22-7-3-2-4-8-22/h2-12,15,19-20,23,26H,13-14,16-18H2,1H3,(H,28,30)/b6-5+. The number of hydrogen-bond acceptors (Lipinski definition) is 4. The number of amides is 1. The van der Waals surface area contributed by atoms with E-state index in [4.69, 9.17) is 4.74 Å². The second-order valence-electron chi connectivity index (χ2n) is 8.16. The van der Waals surface area contributed by atoms with Crippen LogP contribution >= 0.6 is 11.3 Å². The number of thiophene rings is 1. The summed E-state index contributed by atoms with van der Waals surface area (Å²) in [5.41, 5.74) is 3.44. The molecule has 1 unspecified atom stereocenters. The molecule has 1 N–H and O–H groups in total. The van der Waals surface area contributed by atoms with Gasteiger partial charge in [0, 0.05) is 12.5 Å². The molecule has 1 atom stereocenters. The second-order valence-corrected chi connectivity index (χ2v) is 8.94. The molecule has 2 aromatic carbocycles. The molecule has 2 heterocycles. The van der Waals surface area contributed by atoms with Crippen LogP contribution in [0.4, 0.5) is 0 Å². The van der Waals surface area contributed by atoms with E-state index in [-0.39, 0.29) is 17.9 Å². The Bertz CT molecular complexity index is 992. The van der Waals surface area contributed by atoms with Gasteiger partial charge in [0.05, 0.1) is 13.2 Å². The van der Waals surface area contributed by atoms with E-state index in [1.165, 1.54) is 5.56 Å². The fraction of sp³-hybridized carbons (Fsp3) is 0.296.